The molecule has 0 bridgehead atoms. The van der Waals surface area contributed by atoms with Gasteiger partial charge < -0.3 is 30.0 Å². The summed E-state index contributed by atoms with van der Waals surface area (Å²) in [7, 11) is 6.28. The molecule has 0 fully saturated rings. The van der Waals surface area contributed by atoms with Crippen molar-refractivity contribution in [1.29, 1.82) is 0 Å². The van der Waals surface area contributed by atoms with Crippen molar-refractivity contribution in [3.05, 3.63) is 36.5 Å². The molecule has 0 saturated carbocycles. The molecule has 1 atom stereocenters. The Hall–Kier alpha value is -3.30. The van der Waals surface area contributed by atoms with E-state index in [9.17, 15) is 4.79 Å². The Morgan fingerprint density at radius 2 is 1.58 bits per heavy atom. The van der Waals surface area contributed by atoms with Crippen molar-refractivity contribution in [2.24, 2.45) is 11.7 Å². The third-order valence-electron chi connectivity index (χ3n) is 5.29. The highest BCUT2D eigenvalue weighted by molar-refractivity contribution is 7.10. The van der Waals surface area contributed by atoms with E-state index in [0.29, 0.717) is 28.7 Å². The van der Waals surface area contributed by atoms with Crippen LogP contribution in [-0.2, 0) is 4.79 Å². The van der Waals surface area contributed by atoms with Crippen LogP contribution in [0.5, 0.6) is 23.0 Å². The first-order valence-electron chi connectivity index (χ1n) is 10.3. The number of amides is 1. The highest BCUT2D eigenvalue weighted by Crippen LogP contribution is 2.45. The molecule has 0 radical (unpaired) electrons. The number of ether oxygens (including phenoxy) is 4. The van der Waals surface area contributed by atoms with Gasteiger partial charge in [-0.3, -0.25) is 4.79 Å². The number of methoxy groups -OCH3 is 4. The highest BCUT2D eigenvalue weighted by atomic mass is 32.1. The SMILES string of the molecule is COc1ccc(-c2cnsc2-c2cc(OC)c(OC)c(OC)c2)cc1NC(=O)[C@H](N)C(C)C. The van der Waals surface area contributed by atoms with Crippen LogP contribution >= 0.6 is 11.5 Å². The first-order chi connectivity index (χ1) is 15.8. The predicted molar refractivity (Wildman–Crippen MR) is 131 cm³/mol. The summed E-state index contributed by atoms with van der Waals surface area (Å²) < 4.78 is 26.3. The van der Waals surface area contributed by atoms with Crippen LogP contribution in [0.1, 0.15) is 13.8 Å². The summed E-state index contributed by atoms with van der Waals surface area (Å²) in [5.74, 6) is 1.90. The maximum Gasteiger partial charge on any atom is 0.241 e. The number of benzene rings is 2. The Morgan fingerprint density at radius 1 is 0.939 bits per heavy atom. The van der Waals surface area contributed by atoms with Crippen LogP contribution in [0.25, 0.3) is 21.6 Å². The topological polar surface area (TPSA) is 105 Å². The van der Waals surface area contributed by atoms with Gasteiger partial charge in [0.15, 0.2) is 11.5 Å². The Morgan fingerprint density at radius 3 is 2.12 bits per heavy atom. The first-order valence-corrected chi connectivity index (χ1v) is 11.1. The third-order valence-corrected chi connectivity index (χ3v) is 6.14. The molecule has 3 rings (SSSR count). The molecule has 0 aliphatic heterocycles. The van der Waals surface area contributed by atoms with Gasteiger partial charge in [0, 0.05) is 17.3 Å². The fourth-order valence-electron chi connectivity index (χ4n) is 3.36. The normalized spacial score (nSPS) is 11.8. The van der Waals surface area contributed by atoms with E-state index in [0.717, 1.165) is 21.6 Å². The minimum Gasteiger partial charge on any atom is -0.495 e. The molecule has 2 aromatic carbocycles. The quantitative estimate of drug-likeness (QED) is 0.475. The fraction of sp³-hybridized carbons (Fsp3) is 0.333. The maximum atomic E-state index is 12.6. The van der Waals surface area contributed by atoms with Gasteiger partial charge in [0.05, 0.1) is 45.0 Å². The van der Waals surface area contributed by atoms with Gasteiger partial charge in [-0.2, -0.15) is 4.37 Å². The summed E-state index contributed by atoms with van der Waals surface area (Å²) >= 11 is 1.35. The average molecular weight is 472 g/mol. The van der Waals surface area contributed by atoms with E-state index >= 15 is 0 Å². The molecule has 0 spiro atoms. The van der Waals surface area contributed by atoms with E-state index in [1.54, 1.807) is 34.6 Å². The number of carbonyl (C=O) groups excluding carboxylic acids is 1. The van der Waals surface area contributed by atoms with Gasteiger partial charge in [0.2, 0.25) is 11.7 Å². The van der Waals surface area contributed by atoms with E-state index in [2.05, 4.69) is 9.69 Å². The van der Waals surface area contributed by atoms with Crippen LogP contribution in [0.4, 0.5) is 5.69 Å². The molecule has 1 amide bonds. The van der Waals surface area contributed by atoms with Gasteiger partial charge in [-0.1, -0.05) is 19.9 Å². The zero-order chi connectivity index (χ0) is 24.1. The van der Waals surface area contributed by atoms with Gasteiger partial charge in [-0.25, -0.2) is 0 Å². The number of nitrogens with two attached hydrogens (primary N) is 1. The van der Waals surface area contributed by atoms with Gasteiger partial charge in [0.1, 0.15) is 5.75 Å². The Balaban J connectivity index is 2.06. The summed E-state index contributed by atoms with van der Waals surface area (Å²) in [6, 6.07) is 8.72. The Kier molecular flexibility index (Phi) is 7.78. The summed E-state index contributed by atoms with van der Waals surface area (Å²) in [6.45, 7) is 3.80. The number of anilines is 1. The number of aromatic nitrogens is 1. The van der Waals surface area contributed by atoms with Crippen molar-refractivity contribution in [1.82, 2.24) is 4.37 Å². The number of rotatable bonds is 9. The van der Waals surface area contributed by atoms with Gasteiger partial charge in [-0.15, -0.1) is 0 Å². The second-order valence-electron chi connectivity index (χ2n) is 7.66. The number of nitrogens with one attached hydrogen (secondary N) is 1. The summed E-state index contributed by atoms with van der Waals surface area (Å²) in [5.41, 5.74) is 9.17. The van der Waals surface area contributed by atoms with Gasteiger partial charge in [-0.05, 0) is 47.3 Å². The fourth-order valence-corrected chi connectivity index (χ4v) is 4.11. The van der Waals surface area contributed by atoms with Gasteiger partial charge in [0.25, 0.3) is 0 Å². The largest absolute Gasteiger partial charge is 0.495 e. The van der Waals surface area contributed by atoms with Crippen molar-refractivity contribution in [2.45, 2.75) is 19.9 Å². The lowest BCUT2D eigenvalue weighted by molar-refractivity contribution is -0.118. The zero-order valence-corrected chi connectivity index (χ0v) is 20.4. The molecule has 0 unspecified atom stereocenters. The van der Waals surface area contributed by atoms with Crippen LogP contribution < -0.4 is 30.0 Å². The summed E-state index contributed by atoms with van der Waals surface area (Å²) in [4.78, 5) is 13.5. The molecule has 0 saturated heterocycles. The second kappa shape index (κ2) is 10.5. The van der Waals surface area contributed by atoms with Crippen molar-refractivity contribution >= 4 is 23.1 Å². The van der Waals surface area contributed by atoms with Crippen LogP contribution in [0.15, 0.2) is 36.5 Å². The molecular formula is C24H29N3O5S. The van der Waals surface area contributed by atoms with E-state index in [1.807, 2.05) is 44.2 Å². The molecule has 3 aromatic rings. The molecule has 176 valence electrons. The number of nitrogens with zero attached hydrogens (tertiary/aromatic N) is 1. The minimum atomic E-state index is -0.629. The van der Waals surface area contributed by atoms with Crippen LogP contribution in [0, 0.1) is 5.92 Å². The number of hydrogen-bond donors (Lipinski definition) is 2. The van der Waals surface area contributed by atoms with Crippen LogP contribution in [0.2, 0.25) is 0 Å². The molecule has 0 aliphatic rings. The van der Waals surface area contributed by atoms with Crippen molar-refractivity contribution < 1.29 is 23.7 Å². The molecule has 1 heterocycles. The maximum absolute atomic E-state index is 12.6. The lowest BCUT2D eigenvalue weighted by Gasteiger charge is -2.18. The van der Waals surface area contributed by atoms with Crippen LogP contribution in [0.3, 0.4) is 0 Å². The monoisotopic (exact) mass is 471 g/mol. The third kappa shape index (κ3) is 5.04. The number of hydrogen-bond acceptors (Lipinski definition) is 8. The Bertz CT molecular complexity index is 1100. The van der Waals surface area contributed by atoms with Crippen LogP contribution in [-0.4, -0.2) is 44.8 Å². The molecule has 3 N–H and O–H groups in total. The zero-order valence-electron chi connectivity index (χ0n) is 19.6. The minimum absolute atomic E-state index is 0.00638. The predicted octanol–water partition coefficient (Wildman–Crippen LogP) is 4.43. The van der Waals surface area contributed by atoms with E-state index < -0.39 is 6.04 Å². The number of carbonyl (C=O) groups is 1. The molecule has 0 aliphatic carbocycles. The van der Waals surface area contributed by atoms with Gasteiger partial charge >= 0.3 is 0 Å². The van der Waals surface area contributed by atoms with E-state index in [1.165, 1.54) is 11.5 Å². The molecular weight excluding hydrogens is 442 g/mol. The second-order valence-corrected chi connectivity index (χ2v) is 8.46. The molecule has 9 heteroatoms. The smallest absolute Gasteiger partial charge is 0.241 e. The van der Waals surface area contributed by atoms with Crippen molar-refractivity contribution in [3.63, 3.8) is 0 Å². The van der Waals surface area contributed by atoms with Crippen molar-refractivity contribution in [3.8, 4) is 44.6 Å². The highest BCUT2D eigenvalue weighted by Gasteiger charge is 2.21. The lowest BCUT2D eigenvalue weighted by Crippen LogP contribution is -2.39. The average Bonchev–Trinajstić information content (AvgIpc) is 3.32. The molecule has 33 heavy (non-hydrogen) atoms. The first kappa shape index (κ1) is 24.3. The molecule has 1 aromatic heterocycles. The molecule has 8 nitrogen and oxygen atoms in total. The standard InChI is InChI=1S/C24H29N3O5S/c1-13(2)21(25)24(28)27-17-9-14(7-8-18(17)29-3)16-12-26-33-23(16)15-10-19(30-4)22(32-6)20(11-15)31-5/h7-13,21H,25H2,1-6H3,(H,27,28)/t21-/m1/s1. The Labute approximate surface area is 197 Å². The lowest BCUT2D eigenvalue weighted by atomic mass is 10.0. The van der Waals surface area contributed by atoms with Crippen molar-refractivity contribution in [2.75, 3.05) is 33.8 Å². The van der Waals surface area contributed by atoms with E-state index in [-0.39, 0.29) is 11.8 Å². The summed E-state index contributed by atoms with van der Waals surface area (Å²) in [6.07, 6.45) is 1.79. The summed E-state index contributed by atoms with van der Waals surface area (Å²) in [5, 5.41) is 2.89. The van der Waals surface area contributed by atoms with E-state index in [4.69, 9.17) is 24.7 Å².